The minimum absolute atomic E-state index is 1.06. The Labute approximate surface area is 89.7 Å². The van der Waals surface area contributed by atoms with Crippen molar-refractivity contribution in [1.29, 1.82) is 0 Å². The van der Waals surface area contributed by atoms with Crippen LogP contribution in [-0.4, -0.2) is 24.1 Å². The van der Waals surface area contributed by atoms with Gasteiger partial charge in [0.05, 0.1) is 0 Å². The van der Waals surface area contributed by atoms with Gasteiger partial charge in [0.2, 0.25) is 0 Å². The molecule has 0 saturated carbocycles. The van der Waals surface area contributed by atoms with Crippen molar-refractivity contribution in [2.75, 3.05) is 11.9 Å². The first-order chi connectivity index (χ1) is 6.93. The lowest BCUT2D eigenvalue weighted by molar-refractivity contribution is 0.381. The third kappa shape index (κ3) is 12.9. The van der Waals surface area contributed by atoms with Crippen molar-refractivity contribution >= 4 is 16.1 Å². The smallest absolute Gasteiger partial charge is 0.385 e. The molecule has 0 aliphatic heterocycles. The SMILES string of the molecule is CCCNc1ccccc1.O=S(=O)(O)O. The number of hydrogen-bond acceptors (Lipinski definition) is 3. The molecule has 6 heteroatoms. The Kier molecular flexibility index (Phi) is 6.68. The molecule has 0 aromatic heterocycles. The van der Waals surface area contributed by atoms with E-state index in [1.807, 2.05) is 18.2 Å². The van der Waals surface area contributed by atoms with Crippen molar-refractivity contribution in [3.63, 3.8) is 0 Å². The lowest BCUT2D eigenvalue weighted by Crippen LogP contribution is -1.98. The van der Waals surface area contributed by atoms with Crippen LogP contribution in [-0.2, 0) is 10.4 Å². The Morgan fingerprint density at radius 1 is 1.20 bits per heavy atom. The fourth-order valence-corrected chi connectivity index (χ4v) is 0.825. The summed E-state index contributed by atoms with van der Waals surface area (Å²) in [5.74, 6) is 0. The van der Waals surface area contributed by atoms with Crippen molar-refractivity contribution in [2.45, 2.75) is 13.3 Å². The zero-order chi connectivity index (χ0) is 11.7. The highest BCUT2D eigenvalue weighted by atomic mass is 32.3. The summed E-state index contributed by atoms with van der Waals surface area (Å²) >= 11 is 0. The summed E-state index contributed by atoms with van der Waals surface area (Å²) in [6.45, 7) is 3.22. The average molecular weight is 233 g/mol. The van der Waals surface area contributed by atoms with Crippen LogP contribution >= 0.6 is 0 Å². The molecule has 0 aliphatic rings. The van der Waals surface area contributed by atoms with E-state index in [9.17, 15) is 0 Å². The number of para-hydroxylation sites is 1. The monoisotopic (exact) mass is 233 g/mol. The molecule has 1 aromatic carbocycles. The van der Waals surface area contributed by atoms with Gasteiger partial charge in [-0.25, -0.2) is 0 Å². The molecule has 0 radical (unpaired) electrons. The third-order valence-corrected chi connectivity index (χ3v) is 1.35. The maximum atomic E-state index is 8.74. The van der Waals surface area contributed by atoms with Crippen LogP contribution in [0.5, 0.6) is 0 Å². The summed E-state index contributed by atoms with van der Waals surface area (Å²) in [4.78, 5) is 0. The van der Waals surface area contributed by atoms with Gasteiger partial charge < -0.3 is 5.32 Å². The first kappa shape index (κ1) is 13.9. The van der Waals surface area contributed by atoms with Gasteiger partial charge in [-0.1, -0.05) is 25.1 Å². The zero-order valence-electron chi connectivity index (χ0n) is 8.42. The highest BCUT2D eigenvalue weighted by molar-refractivity contribution is 7.79. The average Bonchev–Trinajstić information content (AvgIpc) is 2.14. The topological polar surface area (TPSA) is 86.6 Å². The predicted molar refractivity (Wildman–Crippen MR) is 59.4 cm³/mol. The van der Waals surface area contributed by atoms with Crippen LogP contribution in [0.2, 0.25) is 0 Å². The van der Waals surface area contributed by atoms with Crippen molar-refractivity contribution in [1.82, 2.24) is 0 Å². The highest BCUT2D eigenvalue weighted by Gasteiger charge is 1.85. The number of rotatable bonds is 3. The second kappa shape index (κ2) is 7.22. The Bertz CT molecular complexity index is 342. The summed E-state index contributed by atoms with van der Waals surface area (Å²) in [5.41, 5.74) is 1.21. The van der Waals surface area contributed by atoms with Crippen molar-refractivity contribution in [3.05, 3.63) is 30.3 Å². The molecule has 5 nitrogen and oxygen atoms in total. The predicted octanol–water partition coefficient (Wildman–Crippen LogP) is 1.86. The highest BCUT2D eigenvalue weighted by Crippen LogP contribution is 2.03. The van der Waals surface area contributed by atoms with E-state index in [-0.39, 0.29) is 0 Å². The number of nitrogens with one attached hydrogen (secondary N) is 1. The van der Waals surface area contributed by atoms with E-state index in [1.165, 1.54) is 12.1 Å². The third-order valence-electron chi connectivity index (χ3n) is 1.35. The van der Waals surface area contributed by atoms with Crippen molar-refractivity contribution in [3.8, 4) is 0 Å². The molecular weight excluding hydrogens is 218 g/mol. The Hall–Kier alpha value is -1.11. The fraction of sp³-hybridized carbons (Fsp3) is 0.333. The van der Waals surface area contributed by atoms with Gasteiger partial charge in [0, 0.05) is 12.2 Å². The number of anilines is 1. The number of hydrogen-bond donors (Lipinski definition) is 3. The minimum Gasteiger partial charge on any atom is -0.385 e. The summed E-state index contributed by atoms with van der Waals surface area (Å²) in [6.07, 6.45) is 1.18. The molecule has 0 unspecified atom stereocenters. The minimum atomic E-state index is -4.67. The van der Waals surface area contributed by atoms with Crippen LogP contribution < -0.4 is 5.32 Å². The molecule has 1 aromatic rings. The number of benzene rings is 1. The van der Waals surface area contributed by atoms with Gasteiger partial charge in [0.1, 0.15) is 0 Å². The summed E-state index contributed by atoms with van der Waals surface area (Å²) in [5, 5.41) is 3.29. The Morgan fingerprint density at radius 2 is 1.67 bits per heavy atom. The van der Waals surface area contributed by atoms with Crippen LogP contribution in [0.15, 0.2) is 30.3 Å². The first-order valence-corrected chi connectivity index (χ1v) is 5.82. The molecule has 1 rings (SSSR count). The van der Waals surface area contributed by atoms with Crippen LogP contribution in [0.4, 0.5) is 5.69 Å². The molecule has 0 saturated heterocycles. The molecule has 0 atom stereocenters. The second-order valence-corrected chi connectivity index (χ2v) is 3.64. The zero-order valence-corrected chi connectivity index (χ0v) is 9.24. The lowest BCUT2D eigenvalue weighted by atomic mass is 10.3. The van der Waals surface area contributed by atoms with Gasteiger partial charge in [0.25, 0.3) is 0 Å². The summed E-state index contributed by atoms with van der Waals surface area (Å²) < 4.78 is 31.6. The maximum absolute atomic E-state index is 8.74. The maximum Gasteiger partial charge on any atom is 0.394 e. The van der Waals surface area contributed by atoms with Crippen LogP contribution in [0.25, 0.3) is 0 Å². The summed E-state index contributed by atoms with van der Waals surface area (Å²) in [6, 6.07) is 10.3. The molecule has 0 amide bonds. The largest absolute Gasteiger partial charge is 0.394 e. The van der Waals surface area contributed by atoms with Crippen LogP contribution in [0.3, 0.4) is 0 Å². The van der Waals surface area contributed by atoms with E-state index in [2.05, 4.69) is 24.4 Å². The second-order valence-electron chi connectivity index (χ2n) is 2.74. The molecule has 3 N–H and O–H groups in total. The van der Waals surface area contributed by atoms with E-state index in [1.54, 1.807) is 0 Å². The molecule has 0 bridgehead atoms. The molecule has 0 aliphatic carbocycles. The Balaban J connectivity index is 0.000000336. The fourth-order valence-electron chi connectivity index (χ4n) is 0.825. The Morgan fingerprint density at radius 3 is 2.07 bits per heavy atom. The standard InChI is InChI=1S/C9H13N.H2O4S/c1-2-8-10-9-6-4-3-5-7-9;1-5(2,3)4/h3-7,10H,2,8H2,1H3;(H2,1,2,3,4). The molecule has 86 valence electrons. The van der Waals surface area contributed by atoms with E-state index >= 15 is 0 Å². The van der Waals surface area contributed by atoms with Crippen molar-refractivity contribution < 1.29 is 17.5 Å². The van der Waals surface area contributed by atoms with Crippen LogP contribution in [0, 0.1) is 0 Å². The molecule has 0 heterocycles. The normalized spacial score (nSPS) is 10.1. The van der Waals surface area contributed by atoms with E-state index in [0.29, 0.717) is 0 Å². The van der Waals surface area contributed by atoms with E-state index in [4.69, 9.17) is 17.5 Å². The van der Waals surface area contributed by atoms with Gasteiger partial charge in [-0.2, -0.15) is 8.42 Å². The van der Waals surface area contributed by atoms with Crippen LogP contribution in [0.1, 0.15) is 13.3 Å². The molecule has 0 fully saturated rings. The van der Waals surface area contributed by atoms with Gasteiger partial charge >= 0.3 is 10.4 Å². The summed E-state index contributed by atoms with van der Waals surface area (Å²) in [7, 11) is -4.67. The quantitative estimate of drug-likeness (QED) is 0.694. The van der Waals surface area contributed by atoms with Gasteiger partial charge in [-0.15, -0.1) is 0 Å². The van der Waals surface area contributed by atoms with Crippen molar-refractivity contribution in [2.24, 2.45) is 0 Å². The lowest BCUT2D eigenvalue weighted by Gasteiger charge is -2.01. The molecular formula is C9H15NO4S. The van der Waals surface area contributed by atoms with E-state index in [0.717, 1.165) is 6.54 Å². The van der Waals surface area contributed by atoms with Gasteiger partial charge in [0.15, 0.2) is 0 Å². The van der Waals surface area contributed by atoms with E-state index < -0.39 is 10.4 Å². The van der Waals surface area contributed by atoms with Gasteiger partial charge in [-0.3, -0.25) is 9.11 Å². The molecule has 0 spiro atoms. The van der Waals surface area contributed by atoms with Gasteiger partial charge in [-0.05, 0) is 18.6 Å². The molecule has 15 heavy (non-hydrogen) atoms. The first-order valence-electron chi connectivity index (χ1n) is 4.42.